The maximum absolute atomic E-state index is 12.1. The molecular formula is C26H28Cl2N4O6. The molecule has 1 aliphatic rings. The summed E-state index contributed by atoms with van der Waals surface area (Å²) in [5, 5.41) is 15.0. The van der Waals surface area contributed by atoms with Crippen LogP contribution >= 0.6 is 23.2 Å². The van der Waals surface area contributed by atoms with Crippen LogP contribution in [0.15, 0.2) is 54.9 Å². The number of hydrogen-bond donors (Lipinski definition) is 3. The van der Waals surface area contributed by atoms with Gasteiger partial charge < -0.3 is 34.5 Å². The standard InChI is InChI=1S/C26H28Cl2N4O6/c1-2-36-22(34)12-29-26(35)31-19-9-7-18(8-10-19)25-37-20(13-32-15-30-23(27)24(32)28)11-21(38-25)17-5-3-16(14-33)4-6-17/h3-10,15,20-21,25,33H,2,11-14H2,1H3,(H2,29,31,35)/t20-,21+,25+/m1/s1. The number of aliphatic hydroxyl groups is 1. The third kappa shape index (κ3) is 7.24. The summed E-state index contributed by atoms with van der Waals surface area (Å²) < 4.78 is 19.1. The number of aliphatic hydroxyl groups excluding tert-OH is 1. The van der Waals surface area contributed by atoms with Crippen LogP contribution in [-0.2, 0) is 32.2 Å². The summed E-state index contributed by atoms with van der Waals surface area (Å²) in [4.78, 5) is 27.5. The molecule has 0 radical (unpaired) electrons. The number of rotatable bonds is 9. The van der Waals surface area contributed by atoms with Crippen molar-refractivity contribution in [1.29, 1.82) is 0 Å². The molecule has 10 nitrogen and oxygen atoms in total. The number of halogens is 2. The number of esters is 1. The lowest BCUT2D eigenvalue weighted by Crippen LogP contribution is -2.34. The minimum atomic E-state index is -0.694. The zero-order valence-corrected chi connectivity index (χ0v) is 22.1. The Hall–Kier alpha value is -3.15. The fourth-order valence-corrected chi connectivity index (χ4v) is 4.30. The largest absolute Gasteiger partial charge is 0.465 e. The highest BCUT2D eigenvalue weighted by Gasteiger charge is 2.33. The Morgan fingerprint density at radius 3 is 2.45 bits per heavy atom. The first-order valence-corrected chi connectivity index (χ1v) is 12.8. The predicted octanol–water partition coefficient (Wildman–Crippen LogP) is 4.61. The second kappa shape index (κ2) is 13.1. The average Bonchev–Trinajstić information content (AvgIpc) is 3.24. The Balaban J connectivity index is 1.46. The van der Waals surface area contributed by atoms with E-state index < -0.39 is 18.3 Å². The number of anilines is 1. The van der Waals surface area contributed by atoms with Gasteiger partial charge in [-0.2, -0.15) is 0 Å². The van der Waals surface area contributed by atoms with E-state index in [9.17, 15) is 14.7 Å². The molecule has 2 aromatic carbocycles. The van der Waals surface area contributed by atoms with Crippen LogP contribution in [0.2, 0.25) is 10.3 Å². The van der Waals surface area contributed by atoms with E-state index in [0.29, 0.717) is 23.8 Å². The molecule has 12 heteroatoms. The lowest BCUT2D eigenvalue weighted by atomic mass is 10.00. The number of hydrogen-bond acceptors (Lipinski definition) is 7. The number of amides is 2. The molecule has 0 aliphatic carbocycles. The van der Waals surface area contributed by atoms with Gasteiger partial charge in [-0.25, -0.2) is 9.78 Å². The van der Waals surface area contributed by atoms with Crippen molar-refractivity contribution >= 4 is 40.9 Å². The topological polar surface area (TPSA) is 124 Å². The molecule has 1 saturated heterocycles. The van der Waals surface area contributed by atoms with E-state index in [4.69, 9.17) is 37.4 Å². The minimum absolute atomic E-state index is 0.0404. The van der Waals surface area contributed by atoms with Gasteiger partial charge >= 0.3 is 12.0 Å². The van der Waals surface area contributed by atoms with Crippen LogP contribution < -0.4 is 10.6 Å². The highest BCUT2D eigenvalue weighted by Crippen LogP contribution is 2.39. The predicted molar refractivity (Wildman–Crippen MR) is 141 cm³/mol. The molecule has 2 heterocycles. The van der Waals surface area contributed by atoms with Crippen LogP contribution in [0.5, 0.6) is 0 Å². The number of urea groups is 1. The van der Waals surface area contributed by atoms with Gasteiger partial charge in [-0.1, -0.05) is 59.6 Å². The van der Waals surface area contributed by atoms with Crippen LogP contribution in [0, 0.1) is 0 Å². The molecule has 1 aliphatic heterocycles. The summed E-state index contributed by atoms with van der Waals surface area (Å²) in [6.45, 7) is 2.09. The van der Waals surface area contributed by atoms with E-state index >= 15 is 0 Å². The van der Waals surface area contributed by atoms with Crippen LogP contribution in [0.4, 0.5) is 10.5 Å². The Morgan fingerprint density at radius 1 is 1.11 bits per heavy atom. The first-order chi connectivity index (χ1) is 18.4. The van der Waals surface area contributed by atoms with Crippen molar-refractivity contribution in [2.45, 2.75) is 45.0 Å². The monoisotopic (exact) mass is 562 g/mol. The van der Waals surface area contributed by atoms with E-state index in [0.717, 1.165) is 16.7 Å². The average molecular weight is 563 g/mol. The lowest BCUT2D eigenvalue weighted by molar-refractivity contribution is -0.252. The molecule has 0 saturated carbocycles. The second-order valence-corrected chi connectivity index (χ2v) is 9.28. The van der Waals surface area contributed by atoms with Gasteiger partial charge in [-0.3, -0.25) is 4.79 Å². The third-order valence-electron chi connectivity index (χ3n) is 5.89. The summed E-state index contributed by atoms with van der Waals surface area (Å²) >= 11 is 12.3. The van der Waals surface area contributed by atoms with Gasteiger partial charge in [-0.05, 0) is 30.2 Å². The number of benzene rings is 2. The van der Waals surface area contributed by atoms with Crippen LogP contribution in [0.25, 0.3) is 0 Å². The van der Waals surface area contributed by atoms with Gasteiger partial charge in [0.15, 0.2) is 11.4 Å². The van der Waals surface area contributed by atoms with Gasteiger partial charge in [0.05, 0.1) is 38.3 Å². The quantitative estimate of drug-likeness (QED) is 0.325. The third-order valence-corrected chi connectivity index (χ3v) is 6.66. The number of nitrogens with zero attached hydrogens (tertiary/aromatic N) is 2. The number of carbonyl (C=O) groups excluding carboxylic acids is 2. The number of ether oxygens (including phenoxy) is 3. The first kappa shape index (κ1) is 27.9. The van der Waals surface area contributed by atoms with E-state index in [-0.39, 0.29) is 37.1 Å². The molecule has 202 valence electrons. The summed E-state index contributed by atoms with van der Waals surface area (Å²) in [7, 11) is 0. The van der Waals surface area contributed by atoms with Gasteiger partial charge in [0.2, 0.25) is 0 Å². The highest BCUT2D eigenvalue weighted by molar-refractivity contribution is 6.40. The smallest absolute Gasteiger partial charge is 0.325 e. The van der Waals surface area contributed by atoms with Crippen LogP contribution in [0.3, 0.4) is 0 Å². The Labute approximate surface area is 229 Å². The van der Waals surface area contributed by atoms with Gasteiger partial charge in [0.1, 0.15) is 11.7 Å². The summed E-state index contributed by atoms with van der Waals surface area (Å²) in [5.41, 5.74) is 3.03. The Morgan fingerprint density at radius 2 is 1.82 bits per heavy atom. The molecule has 2 amide bonds. The molecule has 3 atom stereocenters. The molecule has 1 aromatic heterocycles. The molecular weight excluding hydrogens is 535 g/mol. The maximum Gasteiger partial charge on any atom is 0.325 e. The maximum atomic E-state index is 12.1. The van der Waals surface area contributed by atoms with Crippen molar-refractivity contribution in [3.63, 3.8) is 0 Å². The number of imidazole rings is 1. The number of aromatic nitrogens is 2. The molecule has 1 fully saturated rings. The number of nitrogens with one attached hydrogen (secondary N) is 2. The van der Waals surface area contributed by atoms with E-state index in [1.54, 1.807) is 42.1 Å². The zero-order chi connectivity index (χ0) is 27.1. The van der Waals surface area contributed by atoms with Crippen LogP contribution in [-0.4, -0.2) is 45.9 Å². The molecule has 3 N–H and O–H groups in total. The highest BCUT2D eigenvalue weighted by atomic mass is 35.5. The van der Waals surface area contributed by atoms with Crippen molar-refractivity contribution in [2.24, 2.45) is 0 Å². The molecule has 0 unspecified atom stereocenters. The minimum Gasteiger partial charge on any atom is -0.465 e. The molecule has 0 spiro atoms. The SMILES string of the molecule is CCOC(=O)CNC(=O)Nc1ccc([C@H]2O[C@@H](Cn3cnc(Cl)c3Cl)C[C@@H](c3ccc(CO)cc3)O2)cc1. The summed E-state index contributed by atoms with van der Waals surface area (Å²) in [6.07, 6.45) is 0.875. The summed E-state index contributed by atoms with van der Waals surface area (Å²) in [6, 6.07) is 14.1. The van der Waals surface area contributed by atoms with Gasteiger partial charge in [-0.15, -0.1) is 0 Å². The molecule has 3 aromatic rings. The molecule has 0 bridgehead atoms. The van der Waals surface area contributed by atoms with E-state index in [1.807, 2.05) is 24.3 Å². The fraction of sp³-hybridized carbons (Fsp3) is 0.346. The van der Waals surface area contributed by atoms with Gasteiger partial charge in [0, 0.05) is 17.7 Å². The normalized spacial score (nSPS) is 19.1. The van der Waals surface area contributed by atoms with E-state index in [2.05, 4.69) is 15.6 Å². The van der Waals surface area contributed by atoms with Gasteiger partial charge in [0.25, 0.3) is 0 Å². The van der Waals surface area contributed by atoms with Crippen molar-refractivity contribution in [1.82, 2.24) is 14.9 Å². The number of carbonyl (C=O) groups is 2. The van der Waals surface area contributed by atoms with Crippen molar-refractivity contribution in [3.8, 4) is 0 Å². The Bertz CT molecular complexity index is 1240. The summed E-state index contributed by atoms with van der Waals surface area (Å²) in [5.74, 6) is -0.515. The zero-order valence-electron chi connectivity index (χ0n) is 20.6. The van der Waals surface area contributed by atoms with Crippen LogP contribution in [0.1, 0.15) is 42.4 Å². The lowest BCUT2D eigenvalue weighted by Gasteiger charge is -2.36. The van der Waals surface area contributed by atoms with Crippen molar-refractivity contribution < 1.29 is 28.9 Å². The fourth-order valence-electron chi connectivity index (χ4n) is 3.99. The molecule has 38 heavy (non-hydrogen) atoms. The molecule has 4 rings (SSSR count). The van der Waals surface area contributed by atoms with Crippen molar-refractivity contribution in [3.05, 3.63) is 81.9 Å². The van der Waals surface area contributed by atoms with Crippen molar-refractivity contribution in [2.75, 3.05) is 18.5 Å². The Kier molecular flexibility index (Phi) is 9.59. The second-order valence-electron chi connectivity index (χ2n) is 8.56. The van der Waals surface area contributed by atoms with E-state index in [1.165, 1.54) is 0 Å². The first-order valence-electron chi connectivity index (χ1n) is 12.0.